The number of hydrogen-bond donors (Lipinski definition) is 3. The van der Waals surface area contributed by atoms with Crippen LogP contribution in [0.5, 0.6) is 0 Å². The van der Waals surface area contributed by atoms with Gasteiger partial charge in [0.1, 0.15) is 0 Å². The minimum Gasteiger partial charge on any atom is -0.465 e. The van der Waals surface area contributed by atoms with Crippen molar-refractivity contribution in [2.24, 2.45) is 0 Å². The van der Waals surface area contributed by atoms with Crippen molar-refractivity contribution < 1.29 is 14.3 Å². The Balaban J connectivity index is 1.40. The van der Waals surface area contributed by atoms with E-state index >= 15 is 0 Å². The van der Waals surface area contributed by atoms with E-state index in [1.54, 1.807) is 24.3 Å². The Morgan fingerprint density at radius 3 is 2.07 bits per heavy atom. The van der Waals surface area contributed by atoms with Crippen molar-refractivity contribution >= 4 is 34.3 Å². The first-order chi connectivity index (χ1) is 14.1. The van der Waals surface area contributed by atoms with E-state index < -0.39 is 5.97 Å². The van der Waals surface area contributed by atoms with Gasteiger partial charge in [-0.1, -0.05) is 30.3 Å². The number of benzene rings is 3. The second-order valence-corrected chi connectivity index (χ2v) is 6.50. The molecule has 0 saturated heterocycles. The Bertz CT molecular complexity index is 1130. The third-order valence-corrected chi connectivity index (χ3v) is 4.55. The van der Waals surface area contributed by atoms with E-state index in [9.17, 15) is 9.59 Å². The van der Waals surface area contributed by atoms with Crippen LogP contribution >= 0.6 is 0 Å². The van der Waals surface area contributed by atoms with Gasteiger partial charge >= 0.3 is 12.0 Å². The molecule has 0 atom stereocenters. The van der Waals surface area contributed by atoms with E-state index in [1.165, 1.54) is 7.11 Å². The molecule has 0 radical (unpaired) electrons. The monoisotopic (exact) mass is 385 g/mol. The lowest BCUT2D eigenvalue weighted by atomic mass is 10.1. The van der Waals surface area contributed by atoms with Crippen molar-refractivity contribution in [2.75, 3.05) is 17.7 Å². The zero-order chi connectivity index (χ0) is 20.2. The molecule has 0 unspecified atom stereocenters. The first kappa shape index (κ1) is 18.3. The molecular weight excluding hydrogens is 366 g/mol. The molecule has 4 aromatic rings. The van der Waals surface area contributed by atoms with Crippen LogP contribution < -0.4 is 10.6 Å². The minimum atomic E-state index is -0.420. The zero-order valence-corrected chi connectivity index (χ0v) is 15.7. The number of nitrogens with one attached hydrogen (secondary N) is 3. The first-order valence-electron chi connectivity index (χ1n) is 9.07. The average Bonchev–Trinajstić information content (AvgIpc) is 3.18. The fourth-order valence-electron chi connectivity index (χ4n) is 3.06. The van der Waals surface area contributed by atoms with Gasteiger partial charge in [-0.15, -0.1) is 0 Å². The molecule has 0 aliphatic carbocycles. The molecule has 0 saturated carbocycles. The van der Waals surface area contributed by atoms with Gasteiger partial charge in [0.25, 0.3) is 0 Å². The summed E-state index contributed by atoms with van der Waals surface area (Å²) in [5.74, 6) is -0.420. The highest BCUT2D eigenvalue weighted by Crippen LogP contribution is 2.25. The van der Waals surface area contributed by atoms with Crippen LogP contribution in [-0.2, 0) is 4.74 Å². The quantitative estimate of drug-likeness (QED) is 0.419. The molecule has 29 heavy (non-hydrogen) atoms. The van der Waals surface area contributed by atoms with Crippen molar-refractivity contribution in [3.05, 3.63) is 84.4 Å². The lowest BCUT2D eigenvalue weighted by Crippen LogP contribution is -2.19. The largest absolute Gasteiger partial charge is 0.465 e. The number of aromatic amines is 1. The van der Waals surface area contributed by atoms with Gasteiger partial charge in [0, 0.05) is 28.0 Å². The third-order valence-electron chi connectivity index (χ3n) is 4.55. The molecule has 1 aromatic heterocycles. The summed E-state index contributed by atoms with van der Waals surface area (Å²) in [5, 5.41) is 6.68. The van der Waals surface area contributed by atoms with E-state index in [2.05, 4.69) is 32.5 Å². The molecule has 3 N–H and O–H groups in total. The van der Waals surface area contributed by atoms with Gasteiger partial charge < -0.3 is 20.4 Å². The van der Waals surface area contributed by atoms with Crippen LogP contribution in [0.2, 0.25) is 0 Å². The molecule has 144 valence electrons. The van der Waals surface area contributed by atoms with Gasteiger partial charge in [0.2, 0.25) is 0 Å². The molecule has 0 fully saturated rings. The number of methoxy groups -OCH3 is 1. The summed E-state index contributed by atoms with van der Waals surface area (Å²) in [5.41, 5.74) is 4.81. The molecule has 4 rings (SSSR count). The van der Waals surface area contributed by atoms with Gasteiger partial charge in [-0.25, -0.2) is 9.59 Å². The highest BCUT2D eigenvalue weighted by molar-refractivity contribution is 6.00. The Morgan fingerprint density at radius 2 is 1.45 bits per heavy atom. The maximum absolute atomic E-state index is 12.2. The fraction of sp³-hybridized carbons (Fsp3) is 0.0435. The standard InChI is InChI=1S/C23H19N3O3/c1-29-22(27)16-8-12-19(13-9-16)25-23(28)24-18-10-6-15(7-11-18)21-14-17-4-2-3-5-20(17)26-21/h2-14,26H,1H3,(H2,24,25,28). The number of carbonyl (C=O) groups is 2. The predicted molar refractivity (Wildman–Crippen MR) is 114 cm³/mol. The Labute approximate surface area is 167 Å². The number of carbonyl (C=O) groups excluding carboxylic acids is 2. The van der Waals surface area contributed by atoms with Crippen LogP contribution in [0, 0.1) is 0 Å². The van der Waals surface area contributed by atoms with Crippen LogP contribution in [0.1, 0.15) is 10.4 Å². The minimum absolute atomic E-state index is 0.366. The second kappa shape index (κ2) is 7.90. The van der Waals surface area contributed by atoms with Gasteiger partial charge in [0.15, 0.2) is 0 Å². The van der Waals surface area contributed by atoms with Gasteiger partial charge in [-0.3, -0.25) is 0 Å². The summed E-state index contributed by atoms with van der Waals surface area (Å²) in [7, 11) is 1.32. The number of H-pyrrole nitrogens is 1. The van der Waals surface area contributed by atoms with E-state index in [1.807, 2.05) is 42.5 Å². The summed E-state index contributed by atoms with van der Waals surface area (Å²) in [6, 6.07) is 23.9. The highest BCUT2D eigenvalue weighted by Gasteiger charge is 2.07. The normalized spacial score (nSPS) is 10.5. The van der Waals surface area contributed by atoms with E-state index in [0.717, 1.165) is 22.2 Å². The number of urea groups is 1. The summed E-state index contributed by atoms with van der Waals surface area (Å²) in [4.78, 5) is 27.0. The van der Waals surface area contributed by atoms with Crippen molar-refractivity contribution in [3.8, 4) is 11.3 Å². The molecule has 6 heteroatoms. The Kier molecular flexibility index (Phi) is 4.99. The number of amides is 2. The summed E-state index contributed by atoms with van der Waals surface area (Å²) in [6.07, 6.45) is 0. The summed E-state index contributed by atoms with van der Waals surface area (Å²) in [6.45, 7) is 0. The number of esters is 1. The average molecular weight is 385 g/mol. The number of para-hydroxylation sites is 1. The number of fused-ring (bicyclic) bond motifs is 1. The molecule has 0 bridgehead atoms. The first-order valence-corrected chi connectivity index (χ1v) is 9.07. The summed E-state index contributed by atoms with van der Waals surface area (Å²) >= 11 is 0. The SMILES string of the molecule is COC(=O)c1ccc(NC(=O)Nc2ccc(-c3cc4ccccc4[nH]3)cc2)cc1. The van der Waals surface area contributed by atoms with Crippen LogP contribution in [0.4, 0.5) is 16.2 Å². The predicted octanol–water partition coefficient (Wildman–Crippen LogP) is 5.27. The number of hydrogen-bond acceptors (Lipinski definition) is 3. The van der Waals surface area contributed by atoms with Gasteiger partial charge in [-0.05, 0) is 54.1 Å². The molecule has 2 amide bonds. The summed E-state index contributed by atoms with van der Waals surface area (Å²) < 4.78 is 4.65. The molecule has 0 aliphatic heterocycles. The maximum Gasteiger partial charge on any atom is 0.337 e. The second-order valence-electron chi connectivity index (χ2n) is 6.50. The van der Waals surface area contributed by atoms with E-state index in [4.69, 9.17) is 0 Å². The fourth-order valence-corrected chi connectivity index (χ4v) is 3.06. The Hall–Kier alpha value is -4.06. The van der Waals surface area contributed by atoms with Crippen LogP contribution in [0.25, 0.3) is 22.2 Å². The van der Waals surface area contributed by atoms with Gasteiger partial charge in [-0.2, -0.15) is 0 Å². The van der Waals surface area contributed by atoms with Crippen LogP contribution in [0.3, 0.4) is 0 Å². The molecule has 1 heterocycles. The van der Waals surface area contributed by atoms with Crippen molar-refractivity contribution in [2.45, 2.75) is 0 Å². The number of aromatic nitrogens is 1. The van der Waals surface area contributed by atoms with E-state index in [0.29, 0.717) is 16.9 Å². The lowest BCUT2D eigenvalue weighted by Gasteiger charge is -2.09. The van der Waals surface area contributed by atoms with Crippen molar-refractivity contribution in [1.82, 2.24) is 4.98 Å². The molecule has 3 aromatic carbocycles. The van der Waals surface area contributed by atoms with E-state index in [-0.39, 0.29) is 6.03 Å². The lowest BCUT2D eigenvalue weighted by molar-refractivity contribution is 0.0600. The number of ether oxygens (including phenoxy) is 1. The maximum atomic E-state index is 12.2. The molecule has 0 spiro atoms. The number of rotatable bonds is 4. The highest BCUT2D eigenvalue weighted by atomic mass is 16.5. The van der Waals surface area contributed by atoms with Crippen LogP contribution in [-0.4, -0.2) is 24.1 Å². The Morgan fingerprint density at radius 1 is 0.828 bits per heavy atom. The van der Waals surface area contributed by atoms with Crippen molar-refractivity contribution in [3.63, 3.8) is 0 Å². The molecular formula is C23H19N3O3. The smallest absolute Gasteiger partial charge is 0.337 e. The third kappa shape index (κ3) is 4.11. The molecule has 0 aliphatic rings. The zero-order valence-electron chi connectivity index (χ0n) is 15.7. The number of anilines is 2. The van der Waals surface area contributed by atoms with Crippen molar-refractivity contribution in [1.29, 1.82) is 0 Å². The van der Waals surface area contributed by atoms with Gasteiger partial charge in [0.05, 0.1) is 12.7 Å². The molecule has 6 nitrogen and oxygen atoms in total. The van der Waals surface area contributed by atoms with Crippen LogP contribution in [0.15, 0.2) is 78.9 Å². The topological polar surface area (TPSA) is 83.2 Å².